The standard InChI is InChI=1S/C26H27N3O6/c1-4-8-20-13-18(14-22(33-5-2)26(20)35-17-24(31)32-3)15-28-29-23(30)16-34-21-11-6-9-19-10-7-12-27-25(19)21/h4,6-7,9-15H,1,5,8,16-17H2,2-3H3,(H,29,30)/b28-15-. The second-order valence-corrected chi connectivity index (χ2v) is 7.21. The van der Waals surface area contributed by atoms with Crippen LogP contribution in [0.2, 0.25) is 0 Å². The number of nitrogens with zero attached hydrogens (tertiary/aromatic N) is 2. The summed E-state index contributed by atoms with van der Waals surface area (Å²) in [6, 6.07) is 12.8. The molecule has 0 saturated carbocycles. The number of fused-ring (bicyclic) bond motifs is 1. The summed E-state index contributed by atoms with van der Waals surface area (Å²) in [5, 5.41) is 4.94. The number of ether oxygens (including phenoxy) is 4. The van der Waals surface area contributed by atoms with E-state index in [0.717, 1.165) is 10.9 Å². The normalized spacial score (nSPS) is 10.7. The minimum absolute atomic E-state index is 0.223. The first-order valence-electron chi connectivity index (χ1n) is 10.9. The highest BCUT2D eigenvalue weighted by atomic mass is 16.6. The quantitative estimate of drug-likeness (QED) is 0.184. The number of aromatic nitrogens is 1. The predicted molar refractivity (Wildman–Crippen MR) is 132 cm³/mol. The fourth-order valence-electron chi connectivity index (χ4n) is 3.23. The molecule has 0 aliphatic heterocycles. The molecular weight excluding hydrogens is 450 g/mol. The molecule has 1 heterocycles. The van der Waals surface area contributed by atoms with Gasteiger partial charge in [-0.2, -0.15) is 5.10 Å². The molecule has 9 nitrogen and oxygen atoms in total. The molecule has 0 saturated heterocycles. The fraction of sp³-hybridized carbons (Fsp3) is 0.231. The molecule has 0 aliphatic rings. The molecule has 3 aromatic rings. The summed E-state index contributed by atoms with van der Waals surface area (Å²) in [6.07, 6.45) is 5.33. The number of hydrogen-bond acceptors (Lipinski definition) is 8. The second-order valence-electron chi connectivity index (χ2n) is 7.21. The van der Waals surface area contributed by atoms with Crippen LogP contribution in [0.5, 0.6) is 17.2 Å². The van der Waals surface area contributed by atoms with E-state index in [-0.39, 0.29) is 13.2 Å². The number of benzene rings is 2. The molecule has 0 radical (unpaired) electrons. The molecule has 1 aromatic heterocycles. The Kier molecular flexibility index (Phi) is 9.18. The van der Waals surface area contributed by atoms with Gasteiger partial charge in [-0.1, -0.05) is 24.3 Å². The molecule has 1 amide bonds. The SMILES string of the molecule is C=CCc1cc(/C=N\NC(=O)COc2cccc3cccnc23)cc(OCC)c1OCC(=O)OC. The Labute approximate surface area is 203 Å². The van der Waals surface area contributed by atoms with Gasteiger partial charge in [-0.05, 0) is 43.2 Å². The molecular formula is C26H27N3O6. The molecule has 0 spiro atoms. The molecule has 35 heavy (non-hydrogen) atoms. The zero-order valence-electron chi connectivity index (χ0n) is 19.7. The maximum atomic E-state index is 12.2. The van der Waals surface area contributed by atoms with E-state index >= 15 is 0 Å². The van der Waals surface area contributed by atoms with Gasteiger partial charge in [0.05, 0.1) is 19.9 Å². The number of pyridine rings is 1. The average Bonchev–Trinajstić information content (AvgIpc) is 2.87. The molecule has 9 heteroatoms. The van der Waals surface area contributed by atoms with Gasteiger partial charge in [-0.3, -0.25) is 9.78 Å². The van der Waals surface area contributed by atoms with Crippen LogP contribution < -0.4 is 19.6 Å². The topological polar surface area (TPSA) is 108 Å². The number of nitrogens with one attached hydrogen (secondary N) is 1. The third-order valence-corrected chi connectivity index (χ3v) is 4.74. The van der Waals surface area contributed by atoms with Gasteiger partial charge in [0, 0.05) is 17.1 Å². The van der Waals surface area contributed by atoms with Crippen LogP contribution in [-0.2, 0) is 20.7 Å². The van der Waals surface area contributed by atoms with Crippen LogP contribution in [0.4, 0.5) is 0 Å². The number of para-hydroxylation sites is 1. The third kappa shape index (κ3) is 7.04. The number of rotatable bonds is 12. The molecule has 0 unspecified atom stereocenters. The Morgan fingerprint density at radius 1 is 1.09 bits per heavy atom. The number of methoxy groups -OCH3 is 1. The van der Waals surface area contributed by atoms with Gasteiger partial charge in [0.1, 0.15) is 11.3 Å². The van der Waals surface area contributed by atoms with Crippen molar-refractivity contribution in [1.29, 1.82) is 0 Å². The Morgan fingerprint density at radius 2 is 1.91 bits per heavy atom. The van der Waals surface area contributed by atoms with Crippen LogP contribution >= 0.6 is 0 Å². The van der Waals surface area contributed by atoms with Gasteiger partial charge in [0.25, 0.3) is 5.91 Å². The highest BCUT2D eigenvalue weighted by molar-refractivity contribution is 5.86. The summed E-state index contributed by atoms with van der Waals surface area (Å²) < 4.78 is 21.6. The lowest BCUT2D eigenvalue weighted by Gasteiger charge is -2.16. The lowest BCUT2D eigenvalue weighted by atomic mass is 10.1. The summed E-state index contributed by atoms with van der Waals surface area (Å²) in [7, 11) is 1.29. The number of carbonyl (C=O) groups excluding carboxylic acids is 2. The molecule has 3 rings (SSSR count). The summed E-state index contributed by atoms with van der Waals surface area (Å²) >= 11 is 0. The highest BCUT2D eigenvalue weighted by Gasteiger charge is 2.15. The number of carbonyl (C=O) groups is 2. The summed E-state index contributed by atoms with van der Waals surface area (Å²) in [5.74, 6) is 0.446. The number of hydrogen-bond donors (Lipinski definition) is 1. The summed E-state index contributed by atoms with van der Waals surface area (Å²) in [5.41, 5.74) is 4.53. The van der Waals surface area contributed by atoms with Gasteiger partial charge in [-0.25, -0.2) is 10.2 Å². The minimum atomic E-state index is -0.508. The lowest BCUT2D eigenvalue weighted by Crippen LogP contribution is -2.24. The third-order valence-electron chi connectivity index (χ3n) is 4.74. The molecule has 182 valence electrons. The van der Waals surface area contributed by atoms with Crippen LogP contribution in [0.25, 0.3) is 10.9 Å². The van der Waals surface area contributed by atoms with Crippen molar-refractivity contribution in [3.63, 3.8) is 0 Å². The Hall–Kier alpha value is -4.40. The van der Waals surface area contributed by atoms with Gasteiger partial charge in [0.15, 0.2) is 24.7 Å². The first-order chi connectivity index (χ1) is 17.0. The Balaban J connectivity index is 1.68. The van der Waals surface area contributed by atoms with Crippen LogP contribution in [0, 0.1) is 0 Å². The first kappa shape index (κ1) is 25.2. The Bertz CT molecular complexity index is 1220. The molecule has 0 bridgehead atoms. The van der Waals surface area contributed by atoms with Crippen LogP contribution in [0.15, 0.2) is 66.4 Å². The lowest BCUT2D eigenvalue weighted by molar-refractivity contribution is -0.143. The van der Waals surface area contributed by atoms with Crippen molar-refractivity contribution >= 4 is 29.0 Å². The van der Waals surface area contributed by atoms with Crippen LogP contribution in [-0.4, -0.2) is 50.0 Å². The molecule has 2 aromatic carbocycles. The van der Waals surface area contributed by atoms with Crippen molar-refractivity contribution in [2.45, 2.75) is 13.3 Å². The number of hydrazone groups is 1. The highest BCUT2D eigenvalue weighted by Crippen LogP contribution is 2.33. The van der Waals surface area contributed by atoms with E-state index in [2.05, 4.69) is 26.8 Å². The zero-order chi connectivity index (χ0) is 25.0. The van der Waals surface area contributed by atoms with Crippen molar-refractivity contribution < 1.29 is 28.5 Å². The molecule has 1 N–H and O–H groups in total. The largest absolute Gasteiger partial charge is 0.490 e. The second kappa shape index (κ2) is 12.7. The number of esters is 1. The van der Waals surface area contributed by atoms with E-state index < -0.39 is 11.9 Å². The molecule has 0 aliphatic carbocycles. The predicted octanol–water partition coefficient (Wildman–Crippen LogP) is 3.44. The van der Waals surface area contributed by atoms with E-state index in [1.807, 2.05) is 37.3 Å². The van der Waals surface area contributed by atoms with Gasteiger partial charge in [-0.15, -0.1) is 6.58 Å². The fourth-order valence-corrected chi connectivity index (χ4v) is 3.23. The number of amides is 1. The maximum absolute atomic E-state index is 12.2. The summed E-state index contributed by atoms with van der Waals surface area (Å²) in [6.45, 7) is 5.52. The van der Waals surface area contributed by atoms with E-state index in [4.69, 9.17) is 14.2 Å². The Morgan fingerprint density at radius 3 is 2.69 bits per heavy atom. The smallest absolute Gasteiger partial charge is 0.343 e. The summed E-state index contributed by atoms with van der Waals surface area (Å²) in [4.78, 5) is 28.1. The van der Waals surface area contributed by atoms with Crippen molar-refractivity contribution in [2.75, 3.05) is 26.9 Å². The first-order valence-corrected chi connectivity index (χ1v) is 10.9. The molecule has 0 atom stereocenters. The monoisotopic (exact) mass is 477 g/mol. The zero-order valence-corrected chi connectivity index (χ0v) is 19.7. The van der Waals surface area contributed by atoms with Crippen molar-refractivity contribution in [3.8, 4) is 17.2 Å². The van der Waals surface area contributed by atoms with E-state index in [1.165, 1.54) is 13.3 Å². The van der Waals surface area contributed by atoms with Gasteiger partial charge >= 0.3 is 5.97 Å². The number of allylic oxidation sites excluding steroid dienone is 1. The van der Waals surface area contributed by atoms with Crippen molar-refractivity contribution in [2.24, 2.45) is 5.10 Å². The van der Waals surface area contributed by atoms with Gasteiger partial charge < -0.3 is 18.9 Å². The maximum Gasteiger partial charge on any atom is 0.343 e. The minimum Gasteiger partial charge on any atom is -0.490 e. The van der Waals surface area contributed by atoms with Gasteiger partial charge in [0.2, 0.25) is 0 Å². The van der Waals surface area contributed by atoms with Crippen LogP contribution in [0.3, 0.4) is 0 Å². The van der Waals surface area contributed by atoms with E-state index in [9.17, 15) is 9.59 Å². The van der Waals surface area contributed by atoms with Crippen molar-refractivity contribution in [3.05, 3.63) is 72.4 Å². The molecule has 0 fully saturated rings. The van der Waals surface area contributed by atoms with Crippen molar-refractivity contribution in [1.82, 2.24) is 10.4 Å². The van der Waals surface area contributed by atoms with E-state index in [1.54, 1.807) is 24.4 Å². The average molecular weight is 478 g/mol. The van der Waals surface area contributed by atoms with E-state index in [0.29, 0.717) is 41.4 Å². The van der Waals surface area contributed by atoms with Crippen LogP contribution in [0.1, 0.15) is 18.1 Å².